The third-order valence-electron chi connectivity index (χ3n) is 4.19. The van der Waals surface area contributed by atoms with Crippen LogP contribution in [0.5, 0.6) is 0 Å². The molecule has 130 valence electrons. The molecule has 2 heterocycles. The van der Waals surface area contributed by atoms with Crippen LogP contribution < -0.4 is 5.32 Å². The zero-order valence-electron chi connectivity index (χ0n) is 14.2. The molecule has 0 aliphatic carbocycles. The van der Waals surface area contributed by atoms with E-state index in [-0.39, 0.29) is 30.2 Å². The van der Waals surface area contributed by atoms with Gasteiger partial charge in [0.15, 0.2) is 0 Å². The number of hydrogen-bond acceptors (Lipinski definition) is 4. The summed E-state index contributed by atoms with van der Waals surface area (Å²) >= 11 is 1.82. The van der Waals surface area contributed by atoms with E-state index in [1.807, 2.05) is 18.4 Å². The molecule has 0 unspecified atom stereocenters. The van der Waals surface area contributed by atoms with Crippen LogP contribution in [0.1, 0.15) is 50.7 Å². The lowest BCUT2D eigenvalue weighted by Gasteiger charge is -2.31. The Balaban J connectivity index is 0.00000220. The molecule has 0 amide bonds. The van der Waals surface area contributed by atoms with Gasteiger partial charge in [-0.2, -0.15) is 0 Å². The number of piperidine rings is 1. The summed E-state index contributed by atoms with van der Waals surface area (Å²) in [7, 11) is 2.05. The highest BCUT2D eigenvalue weighted by atomic mass is 35.5. The summed E-state index contributed by atoms with van der Waals surface area (Å²) in [5.41, 5.74) is 1.41. The Kier molecular flexibility index (Phi) is 10.1. The molecule has 2 rings (SSSR count). The smallest absolute Gasteiger partial charge is 0.107 e. The molecular formula is C16H31Cl2N3S. The van der Waals surface area contributed by atoms with Crippen molar-refractivity contribution in [3.8, 4) is 0 Å². The summed E-state index contributed by atoms with van der Waals surface area (Å²) in [5.74, 6) is 0.917. The van der Waals surface area contributed by atoms with Crippen LogP contribution in [0.4, 0.5) is 0 Å². The molecule has 0 saturated carbocycles. The van der Waals surface area contributed by atoms with E-state index < -0.39 is 0 Å². The number of thiazole rings is 1. The molecule has 1 saturated heterocycles. The average Bonchev–Trinajstić information content (AvgIpc) is 2.86. The van der Waals surface area contributed by atoms with Gasteiger partial charge >= 0.3 is 0 Å². The molecule has 3 nitrogen and oxygen atoms in total. The fourth-order valence-electron chi connectivity index (χ4n) is 2.70. The lowest BCUT2D eigenvalue weighted by atomic mass is 9.93. The summed E-state index contributed by atoms with van der Waals surface area (Å²) in [6.07, 6.45) is 4.02. The molecule has 0 spiro atoms. The van der Waals surface area contributed by atoms with Crippen molar-refractivity contribution in [3.63, 3.8) is 0 Å². The first-order valence-corrected chi connectivity index (χ1v) is 8.69. The Morgan fingerprint density at radius 1 is 1.27 bits per heavy atom. The minimum Gasteiger partial charge on any atom is -0.320 e. The van der Waals surface area contributed by atoms with Crippen LogP contribution in [-0.2, 0) is 12.0 Å². The Morgan fingerprint density at radius 2 is 1.91 bits per heavy atom. The molecule has 0 aromatic carbocycles. The summed E-state index contributed by atoms with van der Waals surface area (Å²) in [6, 6.07) is 0. The van der Waals surface area contributed by atoms with Gasteiger partial charge in [-0.25, -0.2) is 4.98 Å². The molecule has 1 fully saturated rings. The van der Waals surface area contributed by atoms with E-state index in [9.17, 15) is 0 Å². The van der Waals surface area contributed by atoms with Crippen molar-refractivity contribution >= 4 is 36.2 Å². The molecular weight excluding hydrogens is 337 g/mol. The van der Waals surface area contributed by atoms with Crippen molar-refractivity contribution < 1.29 is 0 Å². The molecule has 6 heteroatoms. The first-order valence-electron chi connectivity index (χ1n) is 7.81. The largest absolute Gasteiger partial charge is 0.320 e. The fourth-order valence-corrected chi connectivity index (χ4v) is 3.76. The zero-order valence-corrected chi connectivity index (χ0v) is 16.7. The van der Waals surface area contributed by atoms with Gasteiger partial charge in [0, 0.05) is 10.8 Å². The van der Waals surface area contributed by atoms with Crippen molar-refractivity contribution in [1.82, 2.24) is 15.2 Å². The highest BCUT2D eigenvalue weighted by molar-refractivity contribution is 7.09. The van der Waals surface area contributed by atoms with Crippen molar-refractivity contribution in [2.75, 3.05) is 26.7 Å². The van der Waals surface area contributed by atoms with E-state index in [1.54, 1.807) is 0 Å². The number of likely N-dealkylation sites (tertiary alicyclic amines) is 1. The Morgan fingerprint density at radius 3 is 2.41 bits per heavy atom. The molecule has 0 radical (unpaired) electrons. The molecule has 1 aliphatic rings. The molecule has 1 aromatic heterocycles. The van der Waals surface area contributed by atoms with E-state index in [0.717, 1.165) is 19.0 Å². The van der Waals surface area contributed by atoms with Gasteiger partial charge in [0.25, 0.3) is 0 Å². The van der Waals surface area contributed by atoms with Crippen molar-refractivity contribution in [1.29, 1.82) is 0 Å². The van der Waals surface area contributed by atoms with Crippen LogP contribution in [0.25, 0.3) is 0 Å². The standard InChI is InChI=1S/C16H29N3S.2ClH/c1-16(2,3)14-12-20-15(18-14)11-19-9-6-13(7-10-19)5-8-17-4;;/h12-13,17H,5-11H2,1-4H3;2*1H. The van der Waals surface area contributed by atoms with E-state index in [2.05, 4.69) is 36.4 Å². The van der Waals surface area contributed by atoms with Gasteiger partial charge in [0.05, 0.1) is 12.2 Å². The molecule has 1 aromatic rings. The topological polar surface area (TPSA) is 28.2 Å². The Bertz CT molecular complexity index is 410. The Labute approximate surface area is 152 Å². The van der Waals surface area contributed by atoms with Gasteiger partial charge in [-0.15, -0.1) is 36.2 Å². The van der Waals surface area contributed by atoms with Crippen LogP contribution >= 0.6 is 36.2 Å². The van der Waals surface area contributed by atoms with E-state index >= 15 is 0 Å². The second-order valence-corrected chi connectivity index (χ2v) is 7.93. The number of nitrogens with one attached hydrogen (secondary N) is 1. The predicted octanol–water partition coefficient (Wildman–Crippen LogP) is 4.11. The van der Waals surface area contributed by atoms with Gasteiger partial charge in [-0.3, -0.25) is 4.90 Å². The zero-order chi connectivity index (χ0) is 14.6. The van der Waals surface area contributed by atoms with E-state index in [0.29, 0.717) is 0 Å². The summed E-state index contributed by atoms with van der Waals surface area (Å²) in [4.78, 5) is 7.38. The number of nitrogens with zero attached hydrogens (tertiary/aromatic N) is 2. The SMILES string of the molecule is CNCCC1CCN(Cc2nc(C(C)(C)C)cs2)CC1.Cl.Cl. The highest BCUT2D eigenvalue weighted by Gasteiger charge is 2.21. The average molecular weight is 368 g/mol. The van der Waals surface area contributed by atoms with E-state index in [1.165, 1.54) is 43.1 Å². The highest BCUT2D eigenvalue weighted by Crippen LogP contribution is 2.26. The summed E-state index contributed by atoms with van der Waals surface area (Å²) < 4.78 is 0. The van der Waals surface area contributed by atoms with Gasteiger partial charge in [0.1, 0.15) is 5.01 Å². The van der Waals surface area contributed by atoms with Gasteiger partial charge < -0.3 is 5.32 Å². The number of aromatic nitrogens is 1. The fraction of sp³-hybridized carbons (Fsp3) is 0.812. The summed E-state index contributed by atoms with van der Waals surface area (Å²) in [5, 5.41) is 6.77. The maximum absolute atomic E-state index is 4.81. The molecule has 1 aliphatic heterocycles. The second kappa shape index (κ2) is 10.1. The van der Waals surface area contributed by atoms with Crippen LogP contribution in [-0.4, -0.2) is 36.6 Å². The van der Waals surface area contributed by atoms with Gasteiger partial charge in [0.2, 0.25) is 0 Å². The maximum Gasteiger partial charge on any atom is 0.107 e. The lowest BCUT2D eigenvalue weighted by molar-refractivity contribution is 0.172. The van der Waals surface area contributed by atoms with Crippen LogP contribution in [0.2, 0.25) is 0 Å². The van der Waals surface area contributed by atoms with Crippen LogP contribution in [0, 0.1) is 5.92 Å². The van der Waals surface area contributed by atoms with E-state index in [4.69, 9.17) is 4.98 Å². The number of rotatable bonds is 5. The molecule has 1 N–H and O–H groups in total. The third-order valence-corrected chi connectivity index (χ3v) is 5.02. The third kappa shape index (κ3) is 6.71. The maximum atomic E-state index is 4.81. The minimum absolute atomic E-state index is 0. The van der Waals surface area contributed by atoms with Gasteiger partial charge in [-0.05, 0) is 51.9 Å². The molecule has 0 bridgehead atoms. The van der Waals surface area contributed by atoms with Crippen LogP contribution in [0.15, 0.2) is 5.38 Å². The normalized spacial score (nSPS) is 16.9. The van der Waals surface area contributed by atoms with Gasteiger partial charge in [-0.1, -0.05) is 20.8 Å². The number of halogens is 2. The van der Waals surface area contributed by atoms with Crippen molar-refractivity contribution in [3.05, 3.63) is 16.1 Å². The van der Waals surface area contributed by atoms with Crippen molar-refractivity contribution in [2.45, 2.75) is 52.0 Å². The Hall–Kier alpha value is 0.130. The predicted molar refractivity (Wildman–Crippen MR) is 102 cm³/mol. The van der Waals surface area contributed by atoms with Crippen molar-refractivity contribution in [2.24, 2.45) is 5.92 Å². The molecule has 0 atom stereocenters. The van der Waals surface area contributed by atoms with Crippen LogP contribution in [0.3, 0.4) is 0 Å². The first-order chi connectivity index (χ1) is 9.49. The lowest BCUT2D eigenvalue weighted by Crippen LogP contribution is -2.34. The monoisotopic (exact) mass is 367 g/mol. The quantitative estimate of drug-likeness (QED) is 0.848. The first kappa shape index (κ1) is 22.1. The number of hydrogen-bond donors (Lipinski definition) is 1. The minimum atomic E-state index is 0. The summed E-state index contributed by atoms with van der Waals surface area (Å²) in [6.45, 7) is 11.4. The second-order valence-electron chi connectivity index (χ2n) is 6.99. The molecule has 22 heavy (non-hydrogen) atoms.